The first-order valence-electron chi connectivity index (χ1n) is 15.8. The molecule has 0 N–H and O–H groups in total. The molecule has 2 spiro atoms. The Balaban J connectivity index is 0.000000194. The van der Waals surface area contributed by atoms with Crippen molar-refractivity contribution < 1.29 is 35.9 Å². The Kier molecular flexibility index (Phi) is 9.93. The lowest BCUT2D eigenvalue weighted by Crippen LogP contribution is -2.73. The maximum atomic E-state index is 12.7. The van der Waals surface area contributed by atoms with E-state index in [0.717, 1.165) is 0 Å². The zero-order valence-corrected chi connectivity index (χ0v) is 32.4. The molecule has 50 heavy (non-hydrogen) atoms. The van der Waals surface area contributed by atoms with Crippen molar-refractivity contribution in [2.24, 2.45) is 10.8 Å². The van der Waals surface area contributed by atoms with Gasteiger partial charge in [0.25, 0.3) is 20.0 Å². The summed E-state index contributed by atoms with van der Waals surface area (Å²) in [5.41, 5.74) is -0.899. The van der Waals surface area contributed by atoms with Gasteiger partial charge in [-0.3, -0.25) is 0 Å². The highest BCUT2D eigenvalue weighted by molar-refractivity contribution is 7.89. The van der Waals surface area contributed by atoms with Gasteiger partial charge in [-0.15, -0.1) is 0 Å². The van der Waals surface area contributed by atoms with Crippen molar-refractivity contribution in [2.75, 3.05) is 52.4 Å². The number of nitrogens with zero attached hydrogens (tertiary/aromatic N) is 8. The van der Waals surface area contributed by atoms with Gasteiger partial charge in [-0.05, 0) is 55.4 Å². The van der Waals surface area contributed by atoms with E-state index in [0.29, 0.717) is 52.4 Å². The summed E-state index contributed by atoms with van der Waals surface area (Å²) in [6, 6.07) is 0. The van der Waals surface area contributed by atoms with Crippen LogP contribution in [0.3, 0.4) is 0 Å². The molecule has 0 aromatic carbocycles. The fourth-order valence-corrected chi connectivity index (χ4v) is 10.0. The minimum absolute atomic E-state index is 0.0740. The van der Waals surface area contributed by atoms with Crippen molar-refractivity contribution >= 4 is 55.4 Å². The average molecular weight is 778 g/mol. The predicted molar refractivity (Wildman–Crippen MR) is 182 cm³/mol. The monoisotopic (exact) mass is 776 g/mol. The van der Waals surface area contributed by atoms with Gasteiger partial charge in [-0.25, -0.2) is 46.4 Å². The molecule has 276 valence electrons. The zero-order valence-electron chi connectivity index (χ0n) is 29.2. The lowest BCUT2D eigenvalue weighted by Gasteiger charge is -2.58. The number of halogens is 2. The molecule has 4 saturated heterocycles. The van der Waals surface area contributed by atoms with Crippen molar-refractivity contribution in [3.05, 3.63) is 34.1 Å². The number of sulfonamides is 2. The predicted octanol–water partition coefficient (Wildman–Crippen LogP) is 3.36. The second-order valence-electron chi connectivity index (χ2n) is 15.4. The molecule has 6 heterocycles. The summed E-state index contributed by atoms with van der Waals surface area (Å²) in [7, 11) is -7.39. The van der Waals surface area contributed by atoms with E-state index < -0.39 is 31.2 Å². The third-order valence-electron chi connectivity index (χ3n) is 8.37. The second kappa shape index (κ2) is 12.9. The first-order chi connectivity index (χ1) is 22.8. The van der Waals surface area contributed by atoms with Crippen molar-refractivity contribution in [2.45, 2.75) is 76.6 Å². The van der Waals surface area contributed by atoms with Crippen molar-refractivity contribution in [1.29, 1.82) is 0 Å². The molecule has 16 nitrogen and oxygen atoms in total. The minimum atomic E-state index is -3.70. The van der Waals surface area contributed by atoms with Crippen LogP contribution in [0.15, 0.2) is 22.4 Å². The number of hydrogen-bond acceptors (Lipinski definition) is 12. The number of likely N-dealkylation sites (tertiary alicyclic amines) is 2. The Morgan fingerprint density at radius 1 is 0.640 bits per heavy atom. The molecule has 0 aliphatic carbocycles. The normalized spacial score (nSPS) is 20.1. The molecule has 0 atom stereocenters. The van der Waals surface area contributed by atoms with E-state index in [1.54, 1.807) is 23.6 Å². The van der Waals surface area contributed by atoms with Crippen LogP contribution in [-0.4, -0.2) is 131 Å². The number of carbonyl (C=O) groups excluding carboxylic acids is 2. The largest absolute Gasteiger partial charge is 0.444 e. The van der Waals surface area contributed by atoms with Crippen LogP contribution in [0.2, 0.25) is 10.3 Å². The van der Waals surface area contributed by atoms with Crippen molar-refractivity contribution in [1.82, 2.24) is 38.3 Å². The number of aryl methyl sites for hydroxylation is 2. The van der Waals surface area contributed by atoms with Crippen molar-refractivity contribution in [3.63, 3.8) is 0 Å². The van der Waals surface area contributed by atoms with E-state index >= 15 is 0 Å². The fourth-order valence-electron chi connectivity index (χ4n) is 6.22. The Hall–Kier alpha value is -2.90. The average Bonchev–Trinajstić information content (AvgIpc) is 2.83. The van der Waals surface area contributed by atoms with E-state index in [1.807, 2.05) is 41.5 Å². The third-order valence-corrected chi connectivity index (χ3v) is 12.4. The maximum Gasteiger partial charge on any atom is 0.410 e. The van der Waals surface area contributed by atoms with Gasteiger partial charge in [-0.2, -0.15) is 8.61 Å². The Labute approximate surface area is 302 Å². The molecule has 4 aliphatic heterocycles. The highest BCUT2D eigenvalue weighted by Crippen LogP contribution is 2.44. The van der Waals surface area contributed by atoms with Gasteiger partial charge < -0.3 is 19.3 Å². The quantitative estimate of drug-likeness (QED) is 0.442. The lowest BCUT2D eigenvalue weighted by molar-refractivity contribution is -0.0842. The van der Waals surface area contributed by atoms with Crippen LogP contribution < -0.4 is 0 Å². The van der Waals surface area contributed by atoms with Crippen LogP contribution in [0.1, 0.15) is 52.9 Å². The van der Waals surface area contributed by atoms with Gasteiger partial charge in [-0.1, -0.05) is 23.2 Å². The van der Waals surface area contributed by atoms with Crippen molar-refractivity contribution in [3.8, 4) is 0 Å². The summed E-state index contributed by atoms with van der Waals surface area (Å²) in [6.45, 7) is 17.4. The molecule has 4 fully saturated rings. The second-order valence-corrected chi connectivity index (χ2v) is 19.9. The van der Waals surface area contributed by atoms with E-state index in [1.165, 1.54) is 21.0 Å². The molecule has 0 saturated carbocycles. The number of ether oxygens (including phenoxy) is 2. The van der Waals surface area contributed by atoms with E-state index in [9.17, 15) is 26.4 Å². The van der Waals surface area contributed by atoms with Gasteiger partial charge in [0.15, 0.2) is 10.1 Å². The first kappa shape index (κ1) is 38.3. The maximum absolute atomic E-state index is 12.7. The molecule has 0 radical (unpaired) electrons. The molecule has 2 aromatic heterocycles. The lowest BCUT2D eigenvalue weighted by atomic mass is 9.74. The zero-order chi connectivity index (χ0) is 37.2. The summed E-state index contributed by atoms with van der Waals surface area (Å²) < 4.78 is 64.0. The molecule has 20 heteroatoms. The van der Waals surface area contributed by atoms with Gasteiger partial charge in [0, 0.05) is 63.2 Å². The van der Waals surface area contributed by atoms with Gasteiger partial charge in [0.2, 0.25) is 0 Å². The Morgan fingerprint density at radius 3 is 1.20 bits per heavy atom. The van der Waals surface area contributed by atoms with Gasteiger partial charge >= 0.3 is 12.2 Å². The minimum Gasteiger partial charge on any atom is -0.444 e. The highest BCUT2D eigenvalue weighted by atomic mass is 35.5. The summed E-state index contributed by atoms with van der Waals surface area (Å²) in [5, 5.41) is 0.164. The summed E-state index contributed by atoms with van der Waals surface area (Å²) in [6.07, 6.45) is 1.73. The van der Waals surface area contributed by atoms with Crippen LogP contribution in [0.4, 0.5) is 9.59 Å². The standard InChI is InChI=1S/2C15H21ClN4O4S/c2*1-10-12(17-5-11(16)18-10)25(22,23)20-8-15(9-20)6-19(7-15)13(21)24-14(2,3)4/h2*5H,6-9H2,1-4H3. The molecule has 4 aliphatic rings. The van der Waals surface area contributed by atoms with Gasteiger partial charge in [0.1, 0.15) is 21.5 Å². The Bertz CT molecular complexity index is 1750. The van der Waals surface area contributed by atoms with Crippen LogP contribution in [0.25, 0.3) is 0 Å². The molecule has 0 unspecified atom stereocenters. The number of hydrogen-bond donors (Lipinski definition) is 0. The fraction of sp³-hybridized carbons (Fsp3) is 0.667. The van der Waals surface area contributed by atoms with Crippen LogP contribution in [-0.2, 0) is 29.5 Å². The molecule has 2 aromatic rings. The van der Waals surface area contributed by atoms with Crippen LogP contribution >= 0.6 is 23.2 Å². The number of aromatic nitrogens is 4. The number of carbonyl (C=O) groups is 2. The first-order valence-corrected chi connectivity index (χ1v) is 19.4. The van der Waals surface area contributed by atoms with E-state index in [2.05, 4.69) is 19.9 Å². The number of rotatable bonds is 4. The molecular formula is C30H42Cl2N8O8S2. The Morgan fingerprint density at radius 2 is 0.940 bits per heavy atom. The topological polar surface area (TPSA) is 185 Å². The van der Waals surface area contributed by atoms with E-state index in [-0.39, 0.29) is 54.8 Å². The smallest absolute Gasteiger partial charge is 0.410 e. The SMILES string of the molecule is Cc1nc(Cl)cnc1S(=O)(=O)N1CC2(CN(C(=O)OC(C)(C)C)C2)C1.Cc1nc(Cl)cnc1S(=O)(=O)N1CC2(CN(C(=O)OC(C)(C)C)C2)C1. The highest BCUT2D eigenvalue weighted by Gasteiger charge is 2.58. The summed E-state index contributed by atoms with van der Waals surface area (Å²) in [4.78, 5) is 42.9. The van der Waals surface area contributed by atoms with E-state index in [4.69, 9.17) is 32.7 Å². The summed E-state index contributed by atoms with van der Waals surface area (Å²) in [5.74, 6) is 0. The molecule has 2 amide bonds. The third kappa shape index (κ3) is 7.94. The van der Waals surface area contributed by atoms with Crippen LogP contribution in [0.5, 0.6) is 0 Å². The molecule has 0 bridgehead atoms. The molecule has 6 rings (SSSR count). The van der Waals surface area contributed by atoms with Crippen LogP contribution in [0, 0.1) is 24.7 Å². The van der Waals surface area contributed by atoms with Gasteiger partial charge in [0.05, 0.1) is 23.8 Å². The summed E-state index contributed by atoms with van der Waals surface area (Å²) >= 11 is 11.5. The molecular weight excluding hydrogens is 735 g/mol. The number of amides is 2.